The maximum atomic E-state index is 10.1. The smallest absolute Gasteiger partial charge is 0.0673 e. The molecule has 0 spiro atoms. The van der Waals surface area contributed by atoms with E-state index in [9.17, 15) is 5.11 Å². The number of aliphatic hydroxyl groups is 1. The molecule has 1 rings (SSSR count). The van der Waals surface area contributed by atoms with Crippen molar-refractivity contribution in [2.24, 2.45) is 5.41 Å². The Morgan fingerprint density at radius 2 is 1.92 bits per heavy atom. The molecule has 1 aliphatic rings. The standard InChI is InChI=1S/C11H22O/c1-4-5-7-10(2)8-6-9-11(10,3)12/h12H,4-9H2,1-3H3. The van der Waals surface area contributed by atoms with Gasteiger partial charge in [-0.3, -0.25) is 0 Å². The number of unbranched alkanes of at least 4 members (excludes halogenated alkanes) is 1. The Hall–Kier alpha value is -0.0400. The molecule has 0 aromatic carbocycles. The van der Waals surface area contributed by atoms with Gasteiger partial charge in [0, 0.05) is 0 Å². The molecule has 72 valence electrons. The van der Waals surface area contributed by atoms with Crippen molar-refractivity contribution in [3.63, 3.8) is 0 Å². The van der Waals surface area contributed by atoms with Crippen LogP contribution in [0.25, 0.3) is 0 Å². The van der Waals surface area contributed by atoms with E-state index in [0.29, 0.717) is 0 Å². The quantitative estimate of drug-likeness (QED) is 0.690. The molecule has 1 nitrogen and oxygen atoms in total. The molecule has 0 amide bonds. The summed E-state index contributed by atoms with van der Waals surface area (Å²) in [6.07, 6.45) is 7.09. The van der Waals surface area contributed by atoms with Crippen LogP contribution in [-0.4, -0.2) is 10.7 Å². The molecular formula is C11H22O. The minimum Gasteiger partial charge on any atom is -0.390 e. The topological polar surface area (TPSA) is 20.2 Å². The summed E-state index contributed by atoms with van der Waals surface area (Å²) in [5.41, 5.74) is -0.203. The van der Waals surface area contributed by atoms with E-state index in [-0.39, 0.29) is 5.41 Å². The first kappa shape index (κ1) is 10.0. The highest BCUT2D eigenvalue weighted by Gasteiger charge is 2.46. The van der Waals surface area contributed by atoms with Crippen molar-refractivity contribution < 1.29 is 5.11 Å². The van der Waals surface area contributed by atoms with Crippen molar-refractivity contribution in [2.45, 2.75) is 64.9 Å². The molecule has 0 aromatic heterocycles. The minimum atomic E-state index is -0.401. The molecule has 0 aliphatic heterocycles. The first-order valence-corrected chi connectivity index (χ1v) is 5.24. The predicted molar refractivity (Wildman–Crippen MR) is 52.1 cm³/mol. The van der Waals surface area contributed by atoms with Crippen LogP contribution in [0.3, 0.4) is 0 Å². The molecule has 1 fully saturated rings. The molecule has 0 heterocycles. The van der Waals surface area contributed by atoms with Gasteiger partial charge in [0.1, 0.15) is 0 Å². The van der Waals surface area contributed by atoms with Gasteiger partial charge >= 0.3 is 0 Å². The Morgan fingerprint density at radius 3 is 2.33 bits per heavy atom. The van der Waals surface area contributed by atoms with E-state index < -0.39 is 5.60 Å². The number of hydrogen-bond acceptors (Lipinski definition) is 1. The number of hydrogen-bond donors (Lipinski definition) is 1. The van der Waals surface area contributed by atoms with Crippen LogP contribution < -0.4 is 0 Å². The van der Waals surface area contributed by atoms with Gasteiger partial charge < -0.3 is 5.11 Å². The van der Waals surface area contributed by atoms with Crippen LogP contribution in [0.4, 0.5) is 0 Å². The van der Waals surface area contributed by atoms with E-state index in [2.05, 4.69) is 13.8 Å². The third-order valence-electron chi connectivity index (χ3n) is 3.77. The predicted octanol–water partition coefficient (Wildman–Crippen LogP) is 3.12. The SMILES string of the molecule is CCCCC1(C)CCCC1(C)O. The third-order valence-corrected chi connectivity index (χ3v) is 3.77. The second-order valence-electron chi connectivity index (χ2n) is 4.79. The van der Waals surface area contributed by atoms with E-state index in [1.807, 2.05) is 6.92 Å². The molecule has 1 N–H and O–H groups in total. The second-order valence-corrected chi connectivity index (χ2v) is 4.79. The van der Waals surface area contributed by atoms with Crippen molar-refractivity contribution in [1.82, 2.24) is 0 Å². The monoisotopic (exact) mass is 170 g/mol. The molecule has 0 aromatic rings. The fourth-order valence-corrected chi connectivity index (χ4v) is 2.36. The highest BCUT2D eigenvalue weighted by molar-refractivity contribution is 4.97. The van der Waals surface area contributed by atoms with Gasteiger partial charge in [-0.2, -0.15) is 0 Å². The average Bonchev–Trinajstić information content (AvgIpc) is 2.24. The molecule has 0 bridgehead atoms. The van der Waals surface area contributed by atoms with Crippen molar-refractivity contribution in [1.29, 1.82) is 0 Å². The van der Waals surface area contributed by atoms with E-state index in [1.54, 1.807) is 0 Å². The van der Waals surface area contributed by atoms with E-state index in [1.165, 1.54) is 32.1 Å². The van der Waals surface area contributed by atoms with Gasteiger partial charge in [-0.1, -0.05) is 26.7 Å². The van der Waals surface area contributed by atoms with E-state index >= 15 is 0 Å². The van der Waals surface area contributed by atoms with Crippen molar-refractivity contribution in [3.05, 3.63) is 0 Å². The summed E-state index contributed by atoms with van der Waals surface area (Å²) in [5, 5.41) is 10.1. The molecule has 1 aliphatic carbocycles. The number of rotatable bonds is 3. The summed E-state index contributed by atoms with van der Waals surface area (Å²) in [6.45, 7) is 6.47. The Balaban J connectivity index is 2.56. The fourth-order valence-electron chi connectivity index (χ4n) is 2.36. The van der Waals surface area contributed by atoms with Crippen LogP contribution in [0.1, 0.15) is 59.3 Å². The largest absolute Gasteiger partial charge is 0.390 e. The Labute approximate surface area is 76.2 Å². The van der Waals surface area contributed by atoms with Gasteiger partial charge in [-0.15, -0.1) is 0 Å². The Bertz CT molecular complexity index is 151. The zero-order valence-electron chi connectivity index (χ0n) is 8.69. The second kappa shape index (κ2) is 3.37. The summed E-state index contributed by atoms with van der Waals surface area (Å²) in [5.74, 6) is 0. The van der Waals surface area contributed by atoms with Crippen LogP contribution in [0, 0.1) is 5.41 Å². The third kappa shape index (κ3) is 1.66. The van der Waals surface area contributed by atoms with Crippen molar-refractivity contribution in [2.75, 3.05) is 0 Å². The summed E-state index contributed by atoms with van der Waals surface area (Å²) in [6, 6.07) is 0. The summed E-state index contributed by atoms with van der Waals surface area (Å²) < 4.78 is 0. The van der Waals surface area contributed by atoms with Crippen LogP contribution in [0.2, 0.25) is 0 Å². The Morgan fingerprint density at radius 1 is 1.25 bits per heavy atom. The van der Waals surface area contributed by atoms with Gasteiger partial charge in [-0.05, 0) is 38.0 Å². The van der Waals surface area contributed by atoms with Crippen LogP contribution in [-0.2, 0) is 0 Å². The summed E-state index contributed by atoms with van der Waals surface area (Å²) in [4.78, 5) is 0. The van der Waals surface area contributed by atoms with Gasteiger partial charge in [0.25, 0.3) is 0 Å². The highest BCUT2D eigenvalue weighted by Crippen LogP contribution is 2.49. The molecule has 1 saturated carbocycles. The van der Waals surface area contributed by atoms with Crippen LogP contribution in [0.5, 0.6) is 0 Å². The average molecular weight is 170 g/mol. The first-order valence-electron chi connectivity index (χ1n) is 5.24. The lowest BCUT2D eigenvalue weighted by molar-refractivity contribution is -0.0410. The lowest BCUT2D eigenvalue weighted by Gasteiger charge is -2.37. The summed E-state index contributed by atoms with van der Waals surface area (Å²) >= 11 is 0. The van der Waals surface area contributed by atoms with Gasteiger partial charge in [-0.25, -0.2) is 0 Å². The molecule has 0 radical (unpaired) electrons. The fraction of sp³-hybridized carbons (Fsp3) is 1.00. The van der Waals surface area contributed by atoms with Crippen molar-refractivity contribution in [3.8, 4) is 0 Å². The zero-order valence-corrected chi connectivity index (χ0v) is 8.69. The van der Waals surface area contributed by atoms with Gasteiger partial charge in [0.05, 0.1) is 5.60 Å². The van der Waals surface area contributed by atoms with Crippen LogP contribution in [0.15, 0.2) is 0 Å². The molecule has 0 saturated heterocycles. The van der Waals surface area contributed by atoms with Gasteiger partial charge in [0.2, 0.25) is 0 Å². The van der Waals surface area contributed by atoms with Crippen molar-refractivity contribution >= 4 is 0 Å². The van der Waals surface area contributed by atoms with Gasteiger partial charge in [0.15, 0.2) is 0 Å². The van der Waals surface area contributed by atoms with E-state index in [4.69, 9.17) is 0 Å². The Kier molecular flexibility index (Phi) is 2.82. The van der Waals surface area contributed by atoms with Crippen LogP contribution >= 0.6 is 0 Å². The molecule has 12 heavy (non-hydrogen) atoms. The molecule has 2 unspecified atom stereocenters. The first-order chi connectivity index (χ1) is 5.52. The maximum absolute atomic E-state index is 10.1. The minimum absolute atomic E-state index is 0.197. The lowest BCUT2D eigenvalue weighted by atomic mass is 9.73. The lowest BCUT2D eigenvalue weighted by Crippen LogP contribution is -2.38. The normalized spacial score (nSPS) is 42.0. The molecular weight excluding hydrogens is 148 g/mol. The molecule has 2 atom stereocenters. The van der Waals surface area contributed by atoms with E-state index in [0.717, 1.165) is 6.42 Å². The highest BCUT2D eigenvalue weighted by atomic mass is 16.3. The molecule has 1 heteroatoms. The maximum Gasteiger partial charge on any atom is 0.0673 e. The summed E-state index contributed by atoms with van der Waals surface area (Å²) in [7, 11) is 0. The zero-order chi connectivity index (χ0) is 9.24.